The van der Waals surface area contributed by atoms with Crippen molar-refractivity contribution in [2.24, 2.45) is 5.14 Å². The van der Waals surface area contributed by atoms with Crippen LogP contribution in [0.4, 0.5) is 18.9 Å². The van der Waals surface area contributed by atoms with Crippen LogP contribution in [0.2, 0.25) is 0 Å². The average molecular weight is 385 g/mol. The van der Waals surface area contributed by atoms with E-state index in [9.17, 15) is 31.7 Å². The number of nitrogens with zero attached hydrogens (tertiary/aromatic N) is 2. The minimum Gasteiger partial charge on any atom is -0.258 e. The number of thiophene rings is 1. The summed E-state index contributed by atoms with van der Waals surface area (Å²) in [5.41, 5.74) is -1.47. The second-order valence-electron chi connectivity index (χ2n) is 4.03. The van der Waals surface area contributed by atoms with E-state index in [1.807, 2.05) is 0 Å². The molecule has 0 fully saturated rings. The molecular weight excluding hydrogens is 379 g/mol. The lowest BCUT2D eigenvalue weighted by molar-refractivity contribution is -0.387. The number of pyridine rings is 1. The molecule has 2 aromatic heterocycles. The maximum Gasteiger partial charge on any atom is 0.417 e. The van der Waals surface area contributed by atoms with Gasteiger partial charge < -0.3 is 0 Å². The molecule has 0 unspecified atom stereocenters. The van der Waals surface area contributed by atoms with Crippen molar-refractivity contribution in [1.82, 2.24) is 4.98 Å². The van der Waals surface area contributed by atoms with Gasteiger partial charge in [-0.2, -0.15) is 13.2 Å². The first-order chi connectivity index (χ1) is 10.5. The SMILES string of the molecule is NS(=O)(=O)c1cc([N+](=O)[O-])c(Sc2ccc(C(F)(F)F)cn2)s1. The zero-order valence-corrected chi connectivity index (χ0v) is 13.2. The van der Waals surface area contributed by atoms with Crippen molar-refractivity contribution >= 4 is 38.8 Å². The Hall–Kier alpha value is -1.70. The fourth-order valence-electron chi connectivity index (χ4n) is 1.39. The lowest BCUT2D eigenvalue weighted by Crippen LogP contribution is -2.09. The van der Waals surface area contributed by atoms with Crippen LogP contribution in [0.25, 0.3) is 0 Å². The summed E-state index contributed by atoms with van der Waals surface area (Å²) in [6, 6.07) is 2.61. The number of hydrogen-bond donors (Lipinski definition) is 1. The third-order valence-electron chi connectivity index (χ3n) is 2.40. The van der Waals surface area contributed by atoms with Gasteiger partial charge >= 0.3 is 6.18 Å². The summed E-state index contributed by atoms with van der Waals surface area (Å²) < 4.78 is 59.3. The van der Waals surface area contributed by atoms with Gasteiger partial charge in [-0.25, -0.2) is 18.5 Å². The van der Waals surface area contributed by atoms with Gasteiger partial charge in [0.1, 0.15) is 13.4 Å². The fraction of sp³-hybridized carbons (Fsp3) is 0.100. The van der Waals surface area contributed by atoms with Gasteiger partial charge in [-0.05, 0) is 12.1 Å². The smallest absolute Gasteiger partial charge is 0.258 e. The van der Waals surface area contributed by atoms with Crippen LogP contribution in [0.3, 0.4) is 0 Å². The van der Waals surface area contributed by atoms with E-state index in [4.69, 9.17) is 5.14 Å². The second-order valence-corrected chi connectivity index (χ2v) is 8.15. The summed E-state index contributed by atoms with van der Waals surface area (Å²) in [7, 11) is -4.12. The van der Waals surface area contributed by atoms with Gasteiger partial charge in [-0.15, -0.1) is 11.3 Å². The number of nitro groups is 1. The highest BCUT2D eigenvalue weighted by molar-refractivity contribution is 8.01. The molecule has 0 aliphatic rings. The minimum atomic E-state index is -4.55. The summed E-state index contributed by atoms with van der Waals surface area (Å²) in [5, 5.41) is 15.9. The molecule has 124 valence electrons. The average Bonchev–Trinajstić information content (AvgIpc) is 2.82. The van der Waals surface area contributed by atoms with Crippen LogP contribution in [0.5, 0.6) is 0 Å². The number of aromatic nitrogens is 1. The molecule has 2 heterocycles. The van der Waals surface area contributed by atoms with Crippen molar-refractivity contribution in [1.29, 1.82) is 0 Å². The van der Waals surface area contributed by atoms with Crippen molar-refractivity contribution in [3.8, 4) is 0 Å². The summed E-state index contributed by atoms with van der Waals surface area (Å²) in [6.45, 7) is 0. The molecule has 0 saturated heterocycles. The van der Waals surface area contributed by atoms with Gasteiger partial charge in [0.15, 0.2) is 0 Å². The lowest BCUT2D eigenvalue weighted by atomic mass is 10.3. The van der Waals surface area contributed by atoms with E-state index >= 15 is 0 Å². The molecule has 0 aliphatic carbocycles. The van der Waals surface area contributed by atoms with Gasteiger partial charge in [0, 0.05) is 12.3 Å². The van der Waals surface area contributed by atoms with Crippen LogP contribution in [0.1, 0.15) is 5.56 Å². The van der Waals surface area contributed by atoms with E-state index in [-0.39, 0.29) is 9.24 Å². The Labute approximate surface area is 135 Å². The predicted molar refractivity (Wildman–Crippen MR) is 75.7 cm³/mol. The molecule has 13 heteroatoms. The van der Waals surface area contributed by atoms with Crippen molar-refractivity contribution in [2.45, 2.75) is 19.6 Å². The molecule has 2 N–H and O–H groups in total. The third-order valence-corrected chi connectivity index (χ3v) is 6.08. The number of hydrogen-bond acceptors (Lipinski definition) is 7. The quantitative estimate of drug-likeness (QED) is 0.639. The van der Waals surface area contributed by atoms with E-state index < -0.39 is 36.6 Å². The molecule has 0 bridgehead atoms. The first kappa shape index (κ1) is 17.7. The summed E-state index contributed by atoms with van der Waals surface area (Å²) in [4.78, 5) is 13.7. The van der Waals surface area contributed by atoms with Crippen LogP contribution in [0, 0.1) is 10.1 Å². The second kappa shape index (κ2) is 6.07. The molecule has 23 heavy (non-hydrogen) atoms. The van der Waals surface area contributed by atoms with Gasteiger partial charge in [0.25, 0.3) is 5.69 Å². The normalized spacial score (nSPS) is 12.3. The first-order valence-corrected chi connectivity index (χ1v) is 8.68. The molecule has 0 radical (unpaired) electrons. The number of alkyl halides is 3. The topological polar surface area (TPSA) is 116 Å². The monoisotopic (exact) mass is 385 g/mol. The van der Waals surface area contributed by atoms with Crippen LogP contribution < -0.4 is 5.14 Å². The van der Waals surface area contributed by atoms with Crippen LogP contribution >= 0.6 is 23.1 Å². The van der Waals surface area contributed by atoms with Crippen LogP contribution in [-0.2, 0) is 16.2 Å². The standard InChI is InChI=1S/C10H6F3N3O4S3/c11-10(12,13)5-1-2-7(15-4-5)21-9-6(16(17)18)3-8(22-9)23(14,19)20/h1-4H,(H2,14,19,20). The Morgan fingerprint density at radius 1 is 1.35 bits per heavy atom. The maximum atomic E-state index is 12.4. The summed E-state index contributed by atoms with van der Waals surface area (Å²) in [6.07, 6.45) is -3.96. The van der Waals surface area contributed by atoms with Gasteiger partial charge in [-0.3, -0.25) is 10.1 Å². The zero-order valence-electron chi connectivity index (χ0n) is 10.8. The van der Waals surface area contributed by atoms with Crippen LogP contribution in [0.15, 0.2) is 37.8 Å². The summed E-state index contributed by atoms with van der Waals surface area (Å²) in [5.74, 6) is 0. The van der Waals surface area contributed by atoms with E-state index in [1.165, 1.54) is 0 Å². The lowest BCUT2D eigenvalue weighted by Gasteiger charge is -2.05. The Balaban J connectivity index is 2.36. The van der Waals surface area contributed by atoms with Crippen molar-refractivity contribution in [3.63, 3.8) is 0 Å². The third kappa shape index (κ3) is 4.19. The molecule has 0 saturated carbocycles. The number of primary sulfonamides is 1. The Kier molecular flexibility index (Phi) is 4.66. The molecule has 2 rings (SSSR count). The fourth-order valence-corrected chi connectivity index (χ4v) is 4.49. The van der Waals surface area contributed by atoms with E-state index in [1.54, 1.807) is 0 Å². The highest BCUT2D eigenvalue weighted by Crippen LogP contribution is 2.42. The maximum absolute atomic E-state index is 12.4. The molecular formula is C10H6F3N3O4S3. The number of sulfonamides is 1. The minimum absolute atomic E-state index is 0.0453. The molecule has 0 aromatic carbocycles. The molecule has 0 atom stereocenters. The van der Waals surface area contributed by atoms with Gasteiger partial charge in [-0.1, -0.05) is 11.8 Å². The Bertz CT molecular complexity index is 846. The highest BCUT2D eigenvalue weighted by atomic mass is 32.3. The molecule has 7 nitrogen and oxygen atoms in total. The summed E-state index contributed by atoms with van der Waals surface area (Å²) >= 11 is 1.22. The van der Waals surface area contributed by atoms with E-state index in [2.05, 4.69) is 4.98 Å². The molecule has 0 aliphatic heterocycles. The molecule has 0 amide bonds. The number of rotatable bonds is 4. The van der Waals surface area contributed by atoms with Crippen molar-refractivity contribution in [3.05, 3.63) is 40.1 Å². The molecule has 2 aromatic rings. The first-order valence-electron chi connectivity index (χ1n) is 5.50. The number of nitrogens with two attached hydrogens (primary N) is 1. The van der Waals surface area contributed by atoms with Crippen molar-refractivity contribution < 1.29 is 26.5 Å². The Morgan fingerprint density at radius 3 is 2.43 bits per heavy atom. The van der Waals surface area contributed by atoms with Crippen molar-refractivity contribution in [2.75, 3.05) is 0 Å². The predicted octanol–water partition coefficient (Wildman–Crippen LogP) is 2.87. The van der Waals surface area contributed by atoms with Gasteiger partial charge in [0.2, 0.25) is 10.0 Å². The van der Waals surface area contributed by atoms with Gasteiger partial charge in [0.05, 0.1) is 10.5 Å². The van der Waals surface area contributed by atoms with E-state index in [0.29, 0.717) is 29.3 Å². The van der Waals surface area contributed by atoms with E-state index in [0.717, 1.165) is 18.2 Å². The van der Waals surface area contributed by atoms with Crippen LogP contribution in [-0.4, -0.2) is 18.3 Å². The Morgan fingerprint density at radius 2 is 2.00 bits per heavy atom. The number of halogens is 3. The highest BCUT2D eigenvalue weighted by Gasteiger charge is 2.31. The largest absolute Gasteiger partial charge is 0.417 e. The molecule has 0 spiro atoms. The zero-order chi connectivity index (χ0) is 17.4.